The summed E-state index contributed by atoms with van der Waals surface area (Å²) in [5, 5.41) is 11.9. The van der Waals surface area contributed by atoms with E-state index < -0.39 is 0 Å². The molecule has 7 heteroatoms. The average Bonchev–Trinajstić information content (AvgIpc) is 3.36. The van der Waals surface area contributed by atoms with Crippen LogP contribution >= 0.6 is 0 Å². The van der Waals surface area contributed by atoms with E-state index >= 15 is 0 Å². The fraction of sp³-hybridized carbons (Fsp3) is 0.450. The van der Waals surface area contributed by atoms with Gasteiger partial charge in [-0.1, -0.05) is 19.3 Å². The Kier molecular flexibility index (Phi) is 4.83. The molecule has 0 unspecified atom stereocenters. The Labute approximate surface area is 158 Å². The molecule has 0 spiro atoms. The first-order chi connectivity index (χ1) is 13.1. The third-order valence-electron chi connectivity index (χ3n) is 5.12. The Morgan fingerprint density at radius 3 is 2.81 bits per heavy atom. The highest BCUT2D eigenvalue weighted by Gasteiger charge is 2.19. The van der Waals surface area contributed by atoms with Crippen LogP contribution in [0.2, 0.25) is 0 Å². The quantitative estimate of drug-likeness (QED) is 0.736. The molecule has 4 rings (SSSR count). The van der Waals surface area contributed by atoms with Crippen LogP contribution in [0.4, 0.5) is 5.82 Å². The molecule has 27 heavy (non-hydrogen) atoms. The minimum atomic E-state index is -0.109. The third-order valence-corrected chi connectivity index (χ3v) is 5.12. The van der Waals surface area contributed by atoms with E-state index in [9.17, 15) is 4.79 Å². The second kappa shape index (κ2) is 7.42. The van der Waals surface area contributed by atoms with Gasteiger partial charge >= 0.3 is 0 Å². The van der Waals surface area contributed by atoms with Gasteiger partial charge in [-0.25, -0.2) is 4.68 Å². The molecule has 0 atom stereocenters. The van der Waals surface area contributed by atoms with Crippen LogP contribution in [0.25, 0.3) is 11.3 Å². The van der Waals surface area contributed by atoms with Gasteiger partial charge in [0.05, 0.1) is 17.9 Å². The van der Waals surface area contributed by atoms with Crippen molar-refractivity contribution in [1.82, 2.24) is 19.6 Å². The Bertz CT molecular complexity index is 930. The first-order valence-electron chi connectivity index (χ1n) is 9.54. The maximum atomic E-state index is 12.5. The van der Waals surface area contributed by atoms with Crippen molar-refractivity contribution in [2.24, 2.45) is 0 Å². The van der Waals surface area contributed by atoms with Crippen molar-refractivity contribution >= 4 is 11.7 Å². The van der Waals surface area contributed by atoms with Crippen molar-refractivity contribution < 1.29 is 9.21 Å². The molecule has 3 aromatic heterocycles. The van der Waals surface area contributed by atoms with Crippen LogP contribution in [-0.4, -0.2) is 25.5 Å². The van der Waals surface area contributed by atoms with Crippen molar-refractivity contribution in [2.75, 3.05) is 5.32 Å². The summed E-state index contributed by atoms with van der Waals surface area (Å²) in [5.41, 5.74) is 1.77. The monoisotopic (exact) mass is 367 g/mol. The van der Waals surface area contributed by atoms with Crippen LogP contribution in [0.3, 0.4) is 0 Å². The zero-order valence-corrected chi connectivity index (χ0v) is 15.8. The number of hydrogen-bond donors (Lipinski definition) is 1. The van der Waals surface area contributed by atoms with Crippen molar-refractivity contribution in [3.8, 4) is 11.3 Å². The molecule has 1 aliphatic rings. The molecule has 3 heterocycles. The van der Waals surface area contributed by atoms with E-state index in [1.807, 2.05) is 42.9 Å². The Morgan fingerprint density at radius 2 is 2.07 bits per heavy atom. The minimum absolute atomic E-state index is 0.109. The molecule has 0 radical (unpaired) electrons. The first-order valence-corrected chi connectivity index (χ1v) is 9.54. The van der Waals surface area contributed by atoms with Crippen molar-refractivity contribution in [3.63, 3.8) is 0 Å². The summed E-state index contributed by atoms with van der Waals surface area (Å²) < 4.78 is 9.17. The van der Waals surface area contributed by atoms with E-state index in [2.05, 4.69) is 15.5 Å². The molecule has 1 saturated carbocycles. The number of anilines is 1. The number of hydrogen-bond acceptors (Lipinski definition) is 4. The van der Waals surface area contributed by atoms with E-state index in [1.54, 1.807) is 10.9 Å². The van der Waals surface area contributed by atoms with Crippen molar-refractivity contribution in [3.05, 3.63) is 42.1 Å². The lowest BCUT2D eigenvalue weighted by Crippen LogP contribution is -2.23. The molecule has 1 fully saturated rings. The number of rotatable bonds is 5. The average molecular weight is 367 g/mol. The summed E-state index contributed by atoms with van der Waals surface area (Å²) in [7, 11) is 0. The van der Waals surface area contributed by atoms with Gasteiger partial charge in [0.2, 0.25) is 5.91 Å². The number of nitrogens with one attached hydrogen (secondary N) is 1. The smallest absolute Gasteiger partial charge is 0.247 e. The summed E-state index contributed by atoms with van der Waals surface area (Å²) in [6, 6.07) is 6.10. The van der Waals surface area contributed by atoms with Gasteiger partial charge in [-0.3, -0.25) is 9.48 Å². The molecule has 0 aliphatic heterocycles. The topological polar surface area (TPSA) is 77.9 Å². The molecular formula is C20H25N5O2. The lowest BCUT2D eigenvalue weighted by atomic mass is 9.96. The van der Waals surface area contributed by atoms with Crippen LogP contribution in [-0.2, 0) is 11.3 Å². The SMILES string of the molecule is Cc1cc(-c2ccn(CC(=O)Nc3ccnn3C3CCCCC3)n2)c(C)o1. The largest absolute Gasteiger partial charge is 0.466 e. The molecule has 0 saturated heterocycles. The highest BCUT2D eigenvalue weighted by atomic mass is 16.3. The lowest BCUT2D eigenvalue weighted by Gasteiger charge is -2.23. The molecular weight excluding hydrogens is 342 g/mol. The predicted molar refractivity (Wildman–Crippen MR) is 102 cm³/mol. The van der Waals surface area contributed by atoms with E-state index in [0.29, 0.717) is 6.04 Å². The molecule has 1 N–H and O–H groups in total. The lowest BCUT2D eigenvalue weighted by molar-refractivity contribution is -0.117. The molecule has 1 aliphatic carbocycles. The number of carbonyl (C=O) groups excluding carboxylic acids is 1. The Morgan fingerprint density at radius 1 is 1.26 bits per heavy atom. The highest BCUT2D eigenvalue weighted by molar-refractivity contribution is 5.89. The first kappa shape index (κ1) is 17.6. The van der Waals surface area contributed by atoms with Crippen LogP contribution in [0.1, 0.15) is 49.7 Å². The second-order valence-electron chi connectivity index (χ2n) is 7.23. The number of carbonyl (C=O) groups is 1. The zero-order chi connectivity index (χ0) is 18.8. The van der Waals surface area contributed by atoms with Crippen LogP contribution in [0, 0.1) is 13.8 Å². The third kappa shape index (κ3) is 3.82. The van der Waals surface area contributed by atoms with Gasteiger partial charge in [-0.2, -0.15) is 10.2 Å². The highest BCUT2D eigenvalue weighted by Crippen LogP contribution is 2.30. The molecule has 3 aromatic rings. The number of furan rings is 1. The van der Waals surface area contributed by atoms with Gasteiger partial charge in [-0.15, -0.1) is 0 Å². The molecule has 1 amide bonds. The van der Waals surface area contributed by atoms with Gasteiger partial charge in [0, 0.05) is 17.8 Å². The minimum Gasteiger partial charge on any atom is -0.466 e. The van der Waals surface area contributed by atoms with Crippen LogP contribution in [0.5, 0.6) is 0 Å². The van der Waals surface area contributed by atoms with Gasteiger partial charge in [0.1, 0.15) is 23.9 Å². The summed E-state index contributed by atoms with van der Waals surface area (Å²) in [6.07, 6.45) is 9.54. The number of amides is 1. The van der Waals surface area contributed by atoms with E-state index in [4.69, 9.17) is 4.42 Å². The molecule has 7 nitrogen and oxygen atoms in total. The van der Waals surface area contributed by atoms with Crippen LogP contribution in [0.15, 0.2) is 35.0 Å². The van der Waals surface area contributed by atoms with Crippen molar-refractivity contribution in [2.45, 2.75) is 58.5 Å². The second-order valence-corrected chi connectivity index (χ2v) is 7.23. The number of aryl methyl sites for hydroxylation is 2. The predicted octanol–water partition coefficient (Wildman–Crippen LogP) is 4.10. The van der Waals surface area contributed by atoms with E-state index in [0.717, 1.165) is 41.4 Å². The molecule has 0 bridgehead atoms. The number of aromatic nitrogens is 4. The normalized spacial score (nSPS) is 15.2. The summed E-state index contributed by atoms with van der Waals surface area (Å²) in [6.45, 7) is 3.99. The fourth-order valence-electron chi connectivity index (χ4n) is 3.84. The van der Waals surface area contributed by atoms with E-state index in [1.165, 1.54) is 19.3 Å². The maximum Gasteiger partial charge on any atom is 0.247 e. The maximum absolute atomic E-state index is 12.5. The standard InChI is InChI=1S/C20H25N5O2/c1-14-12-17(15(2)27-14)18-9-11-24(23-18)13-20(26)22-19-8-10-21-25(19)16-6-4-3-5-7-16/h8-12,16H,3-7,13H2,1-2H3,(H,22,26). The Hall–Kier alpha value is -2.83. The summed E-state index contributed by atoms with van der Waals surface area (Å²) >= 11 is 0. The van der Waals surface area contributed by atoms with Gasteiger partial charge < -0.3 is 9.73 Å². The van der Waals surface area contributed by atoms with Gasteiger partial charge in [0.15, 0.2) is 0 Å². The van der Waals surface area contributed by atoms with Gasteiger partial charge in [-0.05, 0) is 38.8 Å². The fourth-order valence-corrected chi connectivity index (χ4v) is 3.84. The van der Waals surface area contributed by atoms with Crippen LogP contribution < -0.4 is 5.32 Å². The van der Waals surface area contributed by atoms with Crippen molar-refractivity contribution in [1.29, 1.82) is 0 Å². The number of nitrogens with zero attached hydrogens (tertiary/aromatic N) is 4. The molecule has 142 valence electrons. The summed E-state index contributed by atoms with van der Waals surface area (Å²) in [4.78, 5) is 12.5. The van der Waals surface area contributed by atoms with Gasteiger partial charge in [0.25, 0.3) is 0 Å². The summed E-state index contributed by atoms with van der Waals surface area (Å²) in [5.74, 6) is 2.34. The Balaban J connectivity index is 1.42. The molecule has 0 aromatic carbocycles. The van der Waals surface area contributed by atoms with E-state index in [-0.39, 0.29) is 12.5 Å². The zero-order valence-electron chi connectivity index (χ0n) is 15.8.